The smallest absolute Gasteiger partial charge is 0.251 e. The fourth-order valence-corrected chi connectivity index (χ4v) is 3.33. The number of aryl methyl sites for hydroxylation is 1. The maximum Gasteiger partial charge on any atom is 0.251 e. The summed E-state index contributed by atoms with van der Waals surface area (Å²) in [6.07, 6.45) is -0.458. The molecule has 1 aromatic heterocycles. The Bertz CT molecular complexity index is 739. The molecule has 134 valence electrons. The van der Waals surface area contributed by atoms with E-state index in [1.165, 1.54) is 6.07 Å². The van der Waals surface area contributed by atoms with Crippen LogP contribution in [0.4, 0.5) is 0 Å². The van der Waals surface area contributed by atoms with Gasteiger partial charge in [0.2, 0.25) is 0 Å². The summed E-state index contributed by atoms with van der Waals surface area (Å²) in [7, 11) is 0. The van der Waals surface area contributed by atoms with E-state index < -0.39 is 6.10 Å². The first-order chi connectivity index (χ1) is 12.0. The highest BCUT2D eigenvalue weighted by molar-refractivity contribution is 5.17. The van der Waals surface area contributed by atoms with Gasteiger partial charge in [-0.3, -0.25) is 14.6 Å². The van der Waals surface area contributed by atoms with E-state index in [9.17, 15) is 9.90 Å². The van der Waals surface area contributed by atoms with Gasteiger partial charge in [0.1, 0.15) is 5.82 Å². The Morgan fingerprint density at radius 2 is 1.88 bits per heavy atom. The van der Waals surface area contributed by atoms with Crippen LogP contribution >= 0.6 is 0 Å². The minimum Gasteiger partial charge on any atom is -0.387 e. The number of aromatic nitrogens is 2. The van der Waals surface area contributed by atoms with Gasteiger partial charge in [0.25, 0.3) is 5.56 Å². The van der Waals surface area contributed by atoms with Crippen molar-refractivity contribution in [3.63, 3.8) is 0 Å². The molecule has 1 aliphatic rings. The number of β-amino-alcohol motifs (C(OH)–C–C–N with tert-alkyl or cyclic N) is 1. The molecule has 1 aliphatic heterocycles. The average Bonchev–Trinajstić information content (AvgIpc) is 2.61. The second kappa shape index (κ2) is 7.91. The van der Waals surface area contributed by atoms with Crippen LogP contribution in [0.1, 0.15) is 36.2 Å². The number of rotatable bonds is 5. The third kappa shape index (κ3) is 4.54. The molecule has 2 heterocycles. The Kier molecular flexibility index (Phi) is 5.63. The van der Waals surface area contributed by atoms with Gasteiger partial charge in [0.05, 0.1) is 12.1 Å². The molecule has 0 unspecified atom stereocenters. The van der Waals surface area contributed by atoms with Crippen LogP contribution in [0.15, 0.2) is 41.2 Å². The fraction of sp³-hybridized carbons (Fsp3) is 0.474. The summed E-state index contributed by atoms with van der Waals surface area (Å²) < 4.78 is 0. The van der Waals surface area contributed by atoms with E-state index in [1.807, 2.05) is 37.3 Å². The number of piperazine rings is 1. The normalized spacial score (nSPS) is 18.8. The van der Waals surface area contributed by atoms with E-state index in [0.29, 0.717) is 6.54 Å². The first-order valence-electron chi connectivity index (χ1n) is 8.80. The zero-order chi connectivity index (χ0) is 17.8. The van der Waals surface area contributed by atoms with Gasteiger partial charge in [-0.25, -0.2) is 4.98 Å². The van der Waals surface area contributed by atoms with Gasteiger partial charge in [-0.05, 0) is 19.4 Å². The van der Waals surface area contributed by atoms with Crippen LogP contribution in [0.2, 0.25) is 0 Å². The number of aliphatic hydroxyl groups is 1. The summed E-state index contributed by atoms with van der Waals surface area (Å²) in [6.45, 7) is 8.13. The Morgan fingerprint density at radius 3 is 2.52 bits per heavy atom. The van der Waals surface area contributed by atoms with Gasteiger partial charge in [-0.1, -0.05) is 30.3 Å². The summed E-state index contributed by atoms with van der Waals surface area (Å²) in [6, 6.07) is 11.4. The number of H-pyrrole nitrogens is 1. The van der Waals surface area contributed by atoms with Crippen molar-refractivity contribution in [1.82, 2.24) is 19.8 Å². The molecule has 0 amide bonds. The number of hydrogen-bond acceptors (Lipinski definition) is 5. The molecule has 0 aliphatic carbocycles. The topological polar surface area (TPSA) is 72.5 Å². The molecule has 6 nitrogen and oxygen atoms in total. The number of nitrogens with one attached hydrogen (secondary N) is 1. The SMILES string of the molecule is Cc1cc(=O)[nH]c([C@@H](C)N2CCN(C[C@@H](O)c3ccccc3)CC2)n1. The van der Waals surface area contributed by atoms with Crippen molar-refractivity contribution >= 4 is 0 Å². The molecule has 25 heavy (non-hydrogen) atoms. The lowest BCUT2D eigenvalue weighted by Crippen LogP contribution is -2.48. The van der Waals surface area contributed by atoms with Gasteiger partial charge in [-0.2, -0.15) is 0 Å². The van der Waals surface area contributed by atoms with Gasteiger partial charge in [0.15, 0.2) is 0 Å². The van der Waals surface area contributed by atoms with Crippen LogP contribution in [-0.4, -0.2) is 57.6 Å². The minimum absolute atomic E-state index is 0.0776. The third-order valence-electron chi connectivity index (χ3n) is 4.85. The van der Waals surface area contributed by atoms with E-state index >= 15 is 0 Å². The molecular formula is C19H26N4O2. The second-order valence-corrected chi connectivity index (χ2v) is 6.71. The second-order valence-electron chi connectivity index (χ2n) is 6.71. The number of nitrogens with zero attached hydrogens (tertiary/aromatic N) is 3. The molecular weight excluding hydrogens is 316 g/mol. The highest BCUT2D eigenvalue weighted by atomic mass is 16.3. The standard InChI is InChI=1S/C19H26N4O2/c1-14-12-18(25)21-19(20-14)15(2)23-10-8-22(9-11-23)13-17(24)16-6-4-3-5-7-16/h3-7,12,15,17,24H,8-11,13H2,1-2H3,(H,20,21,25)/t15-,17-/m1/s1. The van der Waals surface area contributed by atoms with Gasteiger partial charge in [-0.15, -0.1) is 0 Å². The van der Waals surface area contributed by atoms with Gasteiger partial charge >= 0.3 is 0 Å². The molecule has 0 radical (unpaired) electrons. The van der Waals surface area contributed by atoms with Crippen LogP contribution in [0.25, 0.3) is 0 Å². The molecule has 1 aromatic carbocycles. The van der Waals surface area contributed by atoms with Crippen LogP contribution in [0, 0.1) is 6.92 Å². The lowest BCUT2D eigenvalue weighted by atomic mass is 10.1. The quantitative estimate of drug-likeness (QED) is 0.861. The van der Waals surface area contributed by atoms with Crippen molar-refractivity contribution in [1.29, 1.82) is 0 Å². The summed E-state index contributed by atoms with van der Waals surface area (Å²) in [5.41, 5.74) is 1.61. The van der Waals surface area contributed by atoms with E-state index in [1.54, 1.807) is 0 Å². The van der Waals surface area contributed by atoms with Crippen LogP contribution < -0.4 is 5.56 Å². The lowest BCUT2D eigenvalue weighted by molar-refractivity contribution is 0.0573. The van der Waals surface area contributed by atoms with Crippen LogP contribution in [-0.2, 0) is 0 Å². The number of hydrogen-bond donors (Lipinski definition) is 2. The largest absolute Gasteiger partial charge is 0.387 e. The maximum absolute atomic E-state index is 11.7. The highest BCUT2D eigenvalue weighted by Crippen LogP contribution is 2.20. The van der Waals surface area contributed by atoms with Crippen molar-refractivity contribution in [3.8, 4) is 0 Å². The highest BCUT2D eigenvalue weighted by Gasteiger charge is 2.24. The molecule has 1 fully saturated rings. The van der Waals surface area contributed by atoms with Crippen molar-refractivity contribution in [2.45, 2.75) is 26.0 Å². The zero-order valence-electron chi connectivity index (χ0n) is 14.9. The van der Waals surface area contributed by atoms with Crippen molar-refractivity contribution < 1.29 is 5.11 Å². The summed E-state index contributed by atoms with van der Waals surface area (Å²) >= 11 is 0. The van der Waals surface area contributed by atoms with Crippen LogP contribution in [0.3, 0.4) is 0 Å². The van der Waals surface area contributed by atoms with Crippen molar-refractivity contribution in [2.24, 2.45) is 0 Å². The van der Waals surface area contributed by atoms with Gasteiger partial charge in [0, 0.05) is 44.5 Å². The number of benzene rings is 1. The molecule has 2 atom stereocenters. The van der Waals surface area contributed by atoms with E-state index in [-0.39, 0.29) is 11.6 Å². The lowest BCUT2D eigenvalue weighted by Gasteiger charge is -2.38. The zero-order valence-corrected chi connectivity index (χ0v) is 14.9. The Balaban J connectivity index is 1.55. The summed E-state index contributed by atoms with van der Waals surface area (Å²) in [5.74, 6) is 0.725. The van der Waals surface area contributed by atoms with Crippen molar-refractivity contribution in [2.75, 3.05) is 32.7 Å². The van der Waals surface area contributed by atoms with Gasteiger partial charge < -0.3 is 10.1 Å². The Labute approximate surface area is 148 Å². The monoisotopic (exact) mass is 342 g/mol. The molecule has 0 saturated carbocycles. The Hall–Kier alpha value is -2.02. The molecule has 2 N–H and O–H groups in total. The minimum atomic E-state index is -0.458. The third-order valence-corrected chi connectivity index (χ3v) is 4.85. The average molecular weight is 342 g/mol. The van der Waals surface area contributed by atoms with Crippen LogP contribution in [0.5, 0.6) is 0 Å². The Morgan fingerprint density at radius 1 is 1.20 bits per heavy atom. The predicted molar refractivity (Wildman–Crippen MR) is 97.4 cm³/mol. The first kappa shape index (κ1) is 17.8. The number of aromatic amines is 1. The fourth-order valence-electron chi connectivity index (χ4n) is 3.33. The molecule has 1 saturated heterocycles. The molecule has 0 bridgehead atoms. The molecule has 3 rings (SSSR count). The molecule has 6 heteroatoms. The predicted octanol–water partition coefficient (Wildman–Crippen LogP) is 1.49. The van der Waals surface area contributed by atoms with E-state index in [2.05, 4.69) is 26.7 Å². The summed E-state index contributed by atoms with van der Waals surface area (Å²) in [4.78, 5) is 23.6. The summed E-state index contributed by atoms with van der Waals surface area (Å²) in [5, 5.41) is 10.4. The maximum atomic E-state index is 11.7. The molecule has 2 aromatic rings. The first-order valence-corrected chi connectivity index (χ1v) is 8.80. The molecule has 0 spiro atoms. The van der Waals surface area contributed by atoms with E-state index in [0.717, 1.165) is 43.3 Å². The number of aliphatic hydroxyl groups excluding tert-OH is 1. The van der Waals surface area contributed by atoms with E-state index in [4.69, 9.17) is 0 Å². The van der Waals surface area contributed by atoms with Crippen molar-refractivity contribution in [3.05, 3.63) is 63.8 Å².